The van der Waals surface area contributed by atoms with E-state index >= 15 is 0 Å². The van der Waals surface area contributed by atoms with Gasteiger partial charge >= 0.3 is 6.18 Å². The largest absolute Gasteiger partial charge is 0.491 e. The Labute approximate surface area is 184 Å². The van der Waals surface area contributed by atoms with Crippen LogP contribution in [0.5, 0.6) is 5.75 Å². The van der Waals surface area contributed by atoms with Gasteiger partial charge in [0.2, 0.25) is 5.91 Å². The van der Waals surface area contributed by atoms with Crippen molar-refractivity contribution in [2.75, 3.05) is 24.8 Å². The Morgan fingerprint density at radius 1 is 1.19 bits per heavy atom. The lowest BCUT2D eigenvalue weighted by Crippen LogP contribution is -2.45. The summed E-state index contributed by atoms with van der Waals surface area (Å²) in [6, 6.07) is 12.7. The van der Waals surface area contributed by atoms with Crippen molar-refractivity contribution in [1.29, 1.82) is 10.5 Å². The molecular weight excluding hydrogens is 446 g/mol. The number of alkyl halides is 3. The van der Waals surface area contributed by atoms with Crippen molar-refractivity contribution in [3.63, 3.8) is 0 Å². The highest BCUT2D eigenvalue weighted by atomic mass is 32.1. The number of nitriles is 2. The molecule has 0 aliphatic carbocycles. The fraction of sp³-hybridized carbons (Fsp3) is 0.238. The van der Waals surface area contributed by atoms with Gasteiger partial charge in [-0.05, 0) is 42.5 Å². The first-order valence-electron chi connectivity index (χ1n) is 8.78. The molecule has 0 spiro atoms. The van der Waals surface area contributed by atoms with Crippen molar-refractivity contribution in [1.82, 2.24) is 0 Å². The minimum atomic E-state index is -4.74. The molecule has 0 heterocycles. The van der Waals surface area contributed by atoms with Crippen LogP contribution in [0, 0.1) is 22.7 Å². The van der Waals surface area contributed by atoms with Gasteiger partial charge in [0.05, 0.1) is 49.3 Å². The molecule has 1 N–H and O–H groups in total. The van der Waals surface area contributed by atoms with Crippen LogP contribution in [0.25, 0.3) is 0 Å². The molecule has 2 atom stereocenters. The molecule has 0 aliphatic rings. The average molecular weight is 464 g/mol. The van der Waals surface area contributed by atoms with Gasteiger partial charge in [-0.3, -0.25) is 4.79 Å². The van der Waals surface area contributed by atoms with E-state index in [1.54, 1.807) is 24.3 Å². The lowest BCUT2D eigenvalue weighted by atomic mass is 10.1. The van der Waals surface area contributed by atoms with E-state index in [1.165, 1.54) is 12.1 Å². The third-order valence-corrected chi connectivity index (χ3v) is 5.94. The number of hydrogen-bond donors (Lipinski definition) is 2. The molecule has 160 valence electrons. The molecule has 0 fully saturated rings. The maximum absolute atomic E-state index is 13.2. The molecule has 2 aromatic rings. The Kier molecular flexibility index (Phi) is 7.73. The summed E-state index contributed by atoms with van der Waals surface area (Å²) < 4.78 is 43.9. The van der Waals surface area contributed by atoms with Crippen LogP contribution in [0.4, 0.5) is 18.9 Å². The molecule has 0 saturated heterocycles. The molecule has 5 nitrogen and oxygen atoms in total. The summed E-state index contributed by atoms with van der Waals surface area (Å²) in [4.78, 5) is 12.9. The van der Waals surface area contributed by atoms with Crippen LogP contribution >= 0.6 is 20.2 Å². The number of carbonyl (C=O) groups excluding carboxylic acids is 1. The molecule has 0 bridgehead atoms. The molecule has 0 saturated carbocycles. The number of anilines is 1. The molecule has 1 amide bonds. The van der Waals surface area contributed by atoms with Gasteiger partial charge in [-0.15, -0.1) is 0 Å². The predicted molar refractivity (Wildman–Crippen MR) is 118 cm³/mol. The van der Waals surface area contributed by atoms with E-state index < -0.39 is 35.5 Å². The topological polar surface area (TPSA) is 85.9 Å². The van der Waals surface area contributed by atoms with Crippen molar-refractivity contribution in [3.05, 3.63) is 59.2 Å². The third-order valence-electron chi connectivity index (χ3n) is 4.12. The van der Waals surface area contributed by atoms with Gasteiger partial charge < -0.3 is 10.1 Å². The maximum atomic E-state index is 13.2. The summed E-state index contributed by atoms with van der Waals surface area (Å²) in [6.45, 7) is 1.66. The summed E-state index contributed by atoms with van der Waals surface area (Å²) in [5.74, 6) is -0.243. The number of halogens is 3. The lowest BCUT2D eigenvalue weighted by molar-refractivity contribution is -0.137. The highest BCUT2D eigenvalue weighted by Gasteiger charge is 2.40. The number of thiol groups is 1. The molecule has 2 rings (SSSR count). The minimum absolute atomic E-state index is 0.113. The van der Waals surface area contributed by atoms with Gasteiger partial charge in [0.15, 0.2) is 4.75 Å². The number of nitrogens with zero attached hydrogens (tertiary/aromatic N) is 2. The standard InChI is InChI=1S/C21H17F3N3O2PS/c1-30(2)13-20(31,12-29-17-7-3-14(10-25)4-8-17)19(28)27-16-6-5-15(11-26)18(9-16)21(22,23)24/h3-9H,1,12-13H2,2H3,(H-,27,28,31)/p+1. The zero-order valence-electron chi connectivity index (χ0n) is 16.4. The number of carbonyl (C=O) groups is 1. The third kappa shape index (κ3) is 6.49. The maximum Gasteiger partial charge on any atom is 0.417 e. The van der Waals surface area contributed by atoms with Gasteiger partial charge in [0, 0.05) is 5.69 Å². The Morgan fingerprint density at radius 2 is 1.84 bits per heavy atom. The molecule has 10 heteroatoms. The van der Waals surface area contributed by atoms with Crippen LogP contribution in [0.2, 0.25) is 0 Å². The molecule has 2 unspecified atom stereocenters. The quantitative estimate of drug-likeness (QED) is 0.460. The molecule has 0 radical (unpaired) electrons. The molecule has 2 aromatic carbocycles. The fourth-order valence-electron chi connectivity index (χ4n) is 2.66. The Hall–Kier alpha value is -3.00. The number of hydrogen-bond acceptors (Lipinski definition) is 5. The number of benzene rings is 2. The summed E-state index contributed by atoms with van der Waals surface area (Å²) in [5, 5.41) is 20.2. The summed E-state index contributed by atoms with van der Waals surface area (Å²) in [6.07, 6.45) is -0.577. The molecule has 0 aromatic heterocycles. The van der Waals surface area contributed by atoms with E-state index in [1.807, 2.05) is 12.7 Å². The van der Waals surface area contributed by atoms with Crippen LogP contribution < -0.4 is 10.1 Å². The highest BCUT2D eigenvalue weighted by Crippen LogP contribution is 2.34. The fourth-order valence-corrected chi connectivity index (χ4v) is 4.63. The van der Waals surface area contributed by atoms with E-state index in [4.69, 9.17) is 15.3 Å². The van der Waals surface area contributed by atoms with Crippen LogP contribution in [0.15, 0.2) is 42.5 Å². The normalized spacial score (nSPS) is 13.3. The SMILES string of the molecule is C=[P+](C)CC(S)(COc1ccc(C#N)cc1)C(=O)Nc1ccc(C#N)c(C(F)(F)F)c1. The Morgan fingerprint density at radius 3 is 2.35 bits per heavy atom. The summed E-state index contributed by atoms with van der Waals surface area (Å²) in [5.41, 5.74) is -1.35. The van der Waals surface area contributed by atoms with Crippen molar-refractivity contribution in [2.45, 2.75) is 10.9 Å². The first-order valence-corrected chi connectivity index (χ1v) is 11.4. The number of ether oxygens (including phenoxy) is 1. The Bertz CT molecular complexity index is 1080. The van der Waals surface area contributed by atoms with Crippen molar-refractivity contribution in [3.8, 4) is 17.9 Å². The van der Waals surface area contributed by atoms with Gasteiger partial charge in [-0.2, -0.15) is 36.3 Å². The smallest absolute Gasteiger partial charge is 0.417 e. The van der Waals surface area contributed by atoms with Gasteiger partial charge in [0.25, 0.3) is 0 Å². The second kappa shape index (κ2) is 9.87. The van der Waals surface area contributed by atoms with E-state index in [9.17, 15) is 18.0 Å². The number of amides is 1. The zero-order chi connectivity index (χ0) is 23.2. The van der Waals surface area contributed by atoms with E-state index in [-0.39, 0.29) is 18.5 Å². The van der Waals surface area contributed by atoms with E-state index in [0.717, 1.165) is 6.07 Å². The summed E-state index contributed by atoms with van der Waals surface area (Å²) in [7, 11) is -0.850. The first-order chi connectivity index (χ1) is 14.5. The number of nitrogens with one attached hydrogen (secondary N) is 1. The van der Waals surface area contributed by atoms with Crippen LogP contribution in [-0.4, -0.2) is 36.4 Å². The van der Waals surface area contributed by atoms with Crippen molar-refractivity contribution >= 4 is 38.1 Å². The van der Waals surface area contributed by atoms with E-state index in [2.05, 4.69) is 24.2 Å². The highest BCUT2D eigenvalue weighted by molar-refractivity contribution is 7.83. The van der Waals surface area contributed by atoms with Gasteiger partial charge in [-0.1, -0.05) is 0 Å². The summed E-state index contributed by atoms with van der Waals surface area (Å²) >= 11 is 4.49. The van der Waals surface area contributed by atoms with Crippen LogP contribution in [0.3, 0.4) is 0 Å². The van der Waals surface area contributed by atoms with Crippen LogP contribution in [0.1, 0.15) is 16.7 Å². The number of rotatable bonds is 7. The van der Waals surface area contributed by atoms with Gasteiger partial charge in [-0.25, -0.2) is 0 Å². The zero-order valence-corrected chi connectivity index (χ0v) is 18.2. The second-order valence-electron chi connectivity index (χ2n) is 6.79. The molecule has 31 heavy (non-hydrogen) atoms. The lowest BCUT2D eigenvalue weighted by Gasteiger charge is -2.25. The van der Waals surface area contributed by atoms with Gasteiger partial charge in [0.1, 0.15) is 18.5 Å². The van der Waals surface area contributed by atoms with Crippen molar-refractivity contribution in [2.24, 2.45) is 0 Å². The average Bonchev–Trinajstić information content (AvgIpc) is 2.71. The molecular formula is C21H18F3N3O2PS+. The Balaban J connectivity index is 2.25. The van der Waals surface area contributed by atoms with Crippen molar-refractivity contribution < 1.29 is 22.7 Å². The minimum Gasteiger partial charge on any atom is -0.491 e. The predicted octanol–water partition coefficient (Wildman–Crippen LogP) is 4.68. The second-order valence-corrected chi connectivity index (χ2v) is 9.68. The first kappa shape index (κ1) is 24.3. The monoisotopic (exact) mass is 464 g/mol. The van der Waals surface area contributed by atoms with E-state index in [0.29, 0.717) is 17.4 Å². The molecule has 0 aliphatic heterocycles. The van der Waals surface area contributed by atoms with Crippen LogP contribution in [-0.2, 0) is 11.0 Å².